The second-order valence-corrected chi connectivity index (χ2v) is 4.37. The molecule has 1 rings (SSSR count). The first-order valence-corrected chi connectivity index (χ1v) is 7.48. The molecule has 0 saturated carbocycles. The normalized spacial score (nSPS) is 11.6. The Morgan fingerprint density at radius 3 is 1.95 bits per heavy atom. The van der Waals surface area contributed by atoms with Gasteiger partial charge in [0.05, 0.1) is 6.61 Å². The van der Waals surface area contributed by atoms with Gasteiger partial charge in [-0.15, -0.1) is 0 Å². The molecule has 0 fully saturated rings. The van der Waals surface area contributed by atoms with Crippen LogP contribution < -0.4 is 10.1 Å². The molecule has 114 valence electrons. The SMILES string of the molecule is CCCNC(OCC)(OCC)c1ccc(OCC)cc1. The molecule has 0 bridgehead atoms. The summed E-state index contributed by atoms with van der Waals surface area (Å²) < 4.78 is 17.2. The van der Waals surface area contributed by atoms with Crippen LogP contribution in [-0.2, 0) is 15.4 Å². The summed E-state index contributed by atoms with van der Waals surface area (Å²) in [6.45, 7) is 10.7. The van der Waals surface area contributed by atoms with Crippen molar-refractivity contribution in [2.24, 2.45) is 0 Å². The summed E-state index contributed by atoms with van der Waals surface area (Å²) >= 11 is 0. The van der Waals surface area contributed by atoms with Gasteiger partial charge in [0.15, 0.2) is 0 Å². The molecule has 20 heavy (non-hydrogen) atoms. The molecule has 0 aromatic heterocycles. The molecule has 1 aromatic carbocycles. The minimum Gasteiger partial charge on any atom is -0.494 e. The van der Waals surface area contributed by atoms with E-state index in [1.54, 1.807) is 0 Å². The fraction of sp³-hybridized carbons (Fsp3) is 0.625. The molecule has 0 aliphatic carbocycles. The van der Waals surface area contributed by atoms with Gasteiger partial charge in [-0.2, -0.15) is 0 Å². The highest BCUT2D eigenvalue weighted by molar-refractivity contribution is 5.29. The molecule has 0 radical (unpaired) electrons. The van der Waals surface area contributed by atoms with Crippen LogP contribution in [0, 0.1) is 0 Å². The lowest BCUT2D eigenvalue weighted by Crippen LogP contribution is -2.47. The Labute approximate surface area is 122 Å². The Hall–Kier alpha value is -1.10. The van der Waals surface area contributed by atoms with Crippen LogP contribution in [0.3, 0.4) is 0 Å². The Kier molecular flexibility index (Phi) is 7.59. The maximum Gasteiger partial charge on any atom is 0.255 e. The molecule has 4 heteroatoms. The second kappa shape index (κ2) is 8.95. The summed E-state index contributed by atoms with van der Waals surface area (Å²) in [5, 5.41) is 3.37. The predicted molar refractivity (Wildman–Crippen MR) is 80.8 cm³/mol. The van der Waals surface area contributed by atoms with E-state index in [4.69, 9.17) is 14.2 Å². The highest BCUT2D eigenvalue weighted by atomic mass is 16.7. The van der Waals surface area contributed by atoms with Crippen molar-refractivity contribution >= 4 is 0 Å². The first kappa shape index (κ1) is 17.0. The lowest BCUT2D eigenvalue weighted by atomic mass is 10.1. The summed E-state index contributed by atoms with van der Waals surface area (Å²) in [7, 11) is 0. The van der Waals surface area contributed by atoms with E-state index in [2.05, 4.69) is 12.2 Å². The van der Waals surface area contributed by atoms with Crippen LogP contribution in [0.15, 0.2) is 24.3 Å². The topological polar surface area (TPSA) is 39.7 Å². The number of hydrogen-bond donors (Lipinski definition) is 1. The molecule has 4 nitrogen and oxygen atoms in total. The van der Waals surface area contributed by atoms with Crippen molar-refractivity contribution in [1.29, 1.82) is 0 Å². The van der Waals surface area contributed by atoms with E-state index in [-0.39, 0.29) is 0 Å². The van der Waals surface area contributed by atoms with Gasteiger partial charge in [0.25, 0.3) is 5.91 Å². The molecule has 0 amide bonds. The molecule has 0 aliphatic heterocycles. The van der Waals surface area contributed by atoms with Crippen LogP contribution in [0.1, 0.15) is 39.7 Å². The highest BCUT2D eigenvalue weighted by Gasteiger charge is 2.33. The van der Waals surface area contributed by atoms with Crippen LogP contribution in [0.5, 0.6) is 5.75 Å². The molecule has 0 saturated heterocycles. The summed E-state index contributed by atoms with van der Waals surface area (Å²) in [5.74, 6) is -0.0156. The third-order valence-electron chi connectivity index (χ3n) is 2.85. The van der Waals surface area contributed by atoms with Crippen molar-refractivity contribution in [3.05, 3.63) is 29.8 Å². The van der Waals surface area contributed by atoms with Crippen molar-refractivity contribution in [3.63, 3.8) is 0 Å². The maximum atomic E-state index is 5.88. The first-order valence-electron chi connectivity index (χ1n) is 7.48. The lowest BCUT2D eigenvalue weighted by molar-refractivity contribution is -0.263. The van der Waals surface area contributed by atoms with Gasteiger partial charge in [-0.05, 0) is 51.5 Å². The smallest absolute Gasteiger partial charge is 0.255 e. The fourth-order valence-corrected chi connectivity index (χ4v) is 2.05. The molecule has 0 heterocycles. The lowest BCUT2D eigenvalue weighted by Gasteiger charge is -2.34. The third-order valence-corrected chi connectivity index (χ3v) is 2.85. The molecule has 0 atom stereocenters. The van der Waals surface area contributed by atoms with Gasteiger partial charge < -0.3 is 14.2 Å². The van der Waals surface area contributed by atoms with Crippen molar-refractivity contribution in [3.8, 4) is 5.75 Å². The van der Waals surface area contributed by atoms with Crippen LogP contribution in [0.25, 0.3) is 0 Å². The van der Waals surface area contributed by atoms with Gasteiger partial charge in [-0.3, -0.25) is 5.32 Å². The molecule has 0 spiro atoms. The Morgan fingerprint density at radius 1 is 0.900 bits per heavy atom. The summed E-state index contributed by atoms with van der Waals surface area (Å²) in [4.78, 5) is 0. The van der Waals surface area contributed by atoms with E-state index in [0.29, 0.717) is 19.8 Å². The average Bonchev–Trinajstić information content (AvgIpc) is 2.46. The largest absolute Gasteiger partial charge is 0.494 e. The standard InChI is InChI=1S/C16H27NO3/c1-5-13-17-16(19-7-3,20-8-4)14-9-11-15(12-10-14)18-6-2/h9-12,17H,5-8,13H2,1-4H3. The first-order chi connectivity index (χ1) is 9.72. The molecular weight excluding hydrogens is 254 g/mol. The van der Waals surface area contributed by atoms with Crippen LogP contribution >= 0.6 is 0 Å². The number of ether oxygens (including phenoxy) is 3. The van der Waals surface area contributed by atoms with Crippen LogP contribution in [-0.4, -0.2) is 26.4 Å². The van der Waals surface area contributed by atoms with E-state index in [1.165, 1.54) is 0 Å². The Balaban J connectivity index is 2.99. The van der Waals surface area contributed by atoms with Crippen molar-refractivity contribution < 1.29 is 14.2 Å². The quantitative estimate of drug-likeness (QED) is 0.668. The minimum atomic E-state index is -0.871. The summed E-state index contributed by atoms with van der Waals surface area (Å²) in [6, 6.07) is 7.86. The van der Waals surface area contributed by atoms with Crippen molar-refractivity contribution in [2.75, 3.05) is 26.4 Å². The number of benzene rings is 1. The zero-order valence-corrected chi connectivity index (χ0v) is 13.1. The molecular formula is C16H27NO3. The number of rotatable bonds is 10. The van der Waals surface area contributed by atoms with Crippen molar-refractivity contribution in [2.45, 2.75) is 40.0 Å². The summed E-state index contributed by atoms with van der Waals surface area (Å²) in [6.07, 6.45) is 1.01. The Bertz CT molecular complexity index is 358. The van der Waals surface area contributed by atoms with E-state index < -0.39 is 5.91 Å². The number of hydrogen-bond acceptors (Lipinski definition) is 4. The molecule has 0 unspecified atom stereocenters. The van der Waals surface area contributed by atoms with Gasteiger partial charge in [0, 0.05) is 25.3 Å². The van der Waals surface area contributed by atoms with Crippen molar-refractivity contribution in [1.82, 2.24) is 5.32 Å². The van der Waals surface area contributed by atoms with Gasteiger partial charge in [-0.1, -0.05) is 6.92 Å². The Morgan fingerprint density at radius 2 is 1.50 bits per heavy atom. The molecule has 1 aromatic rings. The van der Waals surface area contributed by atoms with E-state index >= 15 is 0 Å². The van der Waals surface area contributed by atoms with E-state index in [1.807, 2.05) is 45.0 Å². The van der Waals surface area contributed by atoms with E-state index in [0.717, 1.165) is 24.3 Å². The third kappa shape index (κ3) is 4.47. The number of nitrogens with one attached hydrogen (secondary N) is 1. The van der Waals surface area contributed by atoms with Crippen LogP contribution in [0.4, 0.5) is 0 Å². The van der Waals surface area contributed by atoms with E-state index in [9.17, 15) is 0 Å². The fourth-order valence-electron chi connectivity index (χ4n) is 2.05. The monoisotopic (exact) mass is 281 g/mol. The zero-order valence-electron chi connectivity index (χ0n) is 13.1. The zero-order chi connectivity index (χ0) is 14.8. The van der Waals surface area contributed by atoms with Gasteiger partial charge in [0.1, 0.15) is 5.75 Å². The van der Waals surface area contributed by atoms with Gasteiger partial charge >= 0.3 is 0 Å². The molecule has 1 N–H and O–H groups in total. The second-order valence-electron chi connectivity index (χ2n) is 4.37. The molecule has 0 aliphatic rings. The average molecular weight is 281 g/mol. The highest BCUT2D eigenvalue weighted by Crippen LogP contribution is 2.26. The minimum absolute atomic E-state index is 0.573. The van der Waals surface area contributed by atoms with Crippen LogP contribution in [0.2, 0.25) is 0 Å². The summed E-state index contributed by atoms with van der Waals surface area (Å²) in [5.41, 5.74) is 0.957. The maximum absolute atomic E-state index is 5.88. The van der Waals surface area contributed by atoms with Gasteiger partial charge in [-0.25, -0.2) is 0 Å². The van der Waals surface area contributed by atoms with Gasteiger partial charge in [0.2, 0.25) is 0 Å². The predicted octanol–water partition coefficient (Wildman–Crippen LogP) is 3.27.